The van der Waals surface area contributed by atoms with E-state index >= 15 is 0 Å². The van der Waals surface area contributed by atoms with Gasteiger partial charge in [-0.15, -0.1) is 0 Å². The molecule has 1 aliphatic heterocycles. The molecule has 0 bridgehead atoms. The number of halogens is 1. The van der Waals surface area contributed by atoms with E-state index in [-0.39, 0.29) is 16.7 Å². The summed E-state index contributed by atoms with van der Waals surface area (Å²) >= 11 is 6.18. The van der Waals surface area contributed by atoms with Gasteiger partial charge in [0.05, 0.1) is 17.5 Å². The lowest BCUT2D eigenvalue weighted by Gasteiger charge is -2.28. The maximum atomic E-state index is 11.4. The van der Waals surface area contributed by atoms with Crippen LogP contribution in [0.1, 0.15) is 22.7 Å². The van der Waals surface area contributed by atoms with Gasteiger partial charge in [0.2, 0.25) is 0 Å². The van der Waals surface area contributed by atoms with E-state index < -0.39 is 0 Å². The highest BCUT2D eigenvalue weighted by Crippen LogP contribution is 2.42. The Morgan fingerprint density at radius 2 is 1.77 bits per heavy atom. The number of fused-ring (bicyclic) bond motifs is 1. The predicted molar refractivity (Wildman–Crippen MR) is 104 cm³/mol. The molecule has 0 unspecified atom stereocenters. The van der Waals surface area contributed by atoms with Gasteiger partial charge < -0.3 is 4.90 Å². The second-order valence-corrected chi connectivity index (χ2v) is 6.85. The van der Waals surface area contributed by atoms with E-state index in [1.54, 1.807) is 12.1 Å². The molecule has 1 aliphatic rings. The van der Waals surface area contributed by atoms with Crippen molar-refractivity contribution in [2.45, 2.75) is 19.0 Å². The summed E-state index contributed by atoms with van der Waals surface area (Å²) in [4.78, 5) is 13.3. The maximum Gasteiger partial charge on any atom is 0.274 e. The van der Waals surface area contributed by atoms with Crippen molar-refractivity contribution < 1.29 is 4.92 Å². The van der Waals surface area contributed by atoms with E-state index in [1.807, 2.05) is 48.5 Å². The molecule has 0 saturated carbocycles. The molecule has 130 valence electrons. The number of rotatable bonds is 4. The molecule has 3 aromatic carbocycles. The average Bonchev–Trinajstić information content (AvgIpc) is 3.00. The molecule has 0 radical (unpaired) electrons. The summed E-state index contributed by atoms with van der Waals surface area (Å²) in [5.41, 5.74) is 4.31. The zero-order valence-electron chi connectivity index (χ0n) is 14.0. The van der Waals surface area contributed by atoms with Gasteiger partial charge in [0.1, 0.15) is 0 Å². The molecular formula is C21H17ClN2O2. The lowest BCUT2D eigenvalue weighted by Crippen LogP contribution is -2.25. The van der Waals surface area contributed by atoms with Gasteiger partial charge in [0, 0.05) is 22.3 Å². The number of nitro groups is 1. The van der Waals surface area contributed by atoms with Crippen LogP contribution in [0.4, 0.5) is 11.4 Å². The van der Waals surface area contributed by atoms with Gasteiger partial charge in [0.25, 0.3) is 5.69 Å². The van der Waals surface area contributed by atoms with Crippen molar-refractivity contribution in [2.24, 2.45) is 0 Å². The number of anilines is 1. The molecule has 0 aromatic heterocycles. The lowest BCUT2D eigenvalue weighted by atomic mass is 10.0. The third-order valence-corrected chi connectivity index (χ3v) is 5.09. The van der Waals surface area contributed by atoms with Gasteiger partial charge in [-0.3, -0.25) is 10.1 Å². The molecule has 0 fully saturated rings. The minimum atomic E-state index is -0.314. The fourth-order valence-corrected chi connectivity index (χ4v) is 3.85. The first-order valence-corrected chi connectivity index (χ1v) is 8.83. The van der Waals surface area contributed by atoms with Gasteiger partial charge in [-0.2, -0.15) is 0 Å². The summed E-state index contributed by atoms with van der Waals surface area (Å²) in [5, 5.41) is 12.1. The summed E-state index contributed by atoms with van der Waals surface area (Å²) in [6, 6.07) is 23.2. The minimum Gasteiger partial charge on any atom is -0.359 e. The van der Waals surface area contributed by atoms with Crippen molar-refractivity contribution in [3.05, 3.63) is 105 Å². The largest absolute Gasteiger partial charge is 0.359 e. The molecular weight excluding hydrogens is 348 g/mol. The lowest BCUT2D eigenvalue weighted by molar-refractivity contribution is -0.385. The zero-order chi connectivity index (χ0) is 18.1. The molecule has 0 N–H and O–H groups in total. The van der Waals surface area contributed by atoms with Crippen LogP contribution in [0.25, 0.3) is 0 Å². The fraction of sp³-hybridized carbons (Fsp3) is 0.143. The standard InChI is InChI=1S/C21H17ClN2O2/c22-18-10-11-19-17(12-18)13-21(15-6-2-1-3-7-15)23(19)14-16-8-4-5-9-20(16)24(25)26/h1-12,21H,13-14H2/t21-/m0/s1. The zero-order valence-corrected chi connectivity index (χ0v) is 14.8. The molecule has 0 aliphatic carbocycles. The minimum absolute atomic E-state index is 0.129. The molecule has 0 amide bonds. The highest BCUT2D eigenvalue weighted by molar-refractivity contribution is 6.30. The van der Waals surface area contributed by atoms with Crippen LogP contribution in [0.5, 0.6) is 0 Å². The maximum absolute atomic E-state index is 11.4. The van der Waals surface area contributed by atoms with Crippen molar-refractivity contribution in [3.8, 4) is 0 Å². The first-order valence-electron chi connectivity index (χ1n) is 8.46. The van der Waals surface area contributed by atoms with Crippen molar-refractivity contribution >= 4 is 23.0 Å². The summed E-state index contributed by atoms with van der Waals surface area (Å²) < 4.78 is 0. The van der Waals surface area contributed by atoms with Gasteiger partial charge in [-0.05, 0) is 35.7 Å². The van der Waals surface area contributed by atoms with Gasteiger partial charge >= 0.3 is 0 Å². The number of nitro benzene ring substituents is 1. The first-order chi connectivity index (χ1) is 12.6. The highest BCUT2D eigenvalue weighted by atomic mass is 35.5. The van der Waals surface area contributed by atoms with E-state index in [1.165, 1.54) is 11.1 Å². The molecule has 5 heteroatoms. The Balaban J connectivity index is 1.77. The van der Waals surface area contributed by atoms with Crippen LogP contribution >= 0.6 is 11.6 Å². The first kappa shape index (κ1) is 16.6. The molecule has 1 heterocycles. The van der Waals surface area contributed by atoms with Crippen molar-refractivity contribution in [2.75, 3.05) is 4.90 Å². The third kappa shape index (κ3) is 3.04. The monoisotopic (exact) mass is 364 g/mol. The van der Waals surface area contributed by atoms with Crippen molar-refractivity contribution in [3.63, 3.8) is 0 Å². The van der Waals surface area contributed by atoms with Crippen LogP contribution < -0.4 is 4.90 Å². The van der Waals surface area contributed by atoms with Crippen LogP contribution in [0.2, 0.25) is 5.02 Å². The van der Waals surface area contributed by atoms with Gasteiger partial charge in [0.15, 0.2) is 0 Å². The molecule has 3 aromatic rings. The molecule has 4 nitrogen and oxygen atoms in total. The predicted octanol–water partition coefficient (Wildman–Crippen LogP) is 5.55. The van der Waals surface area contributed by atoms with Crippen LogP contribution in [0.15, 0.2) is 72.8 Å². The normalized spacial score (nSPS) is 15.7. The van der Waals surface area contributed by atoms with E-state index in [2.05, 4.69) is 17.0 Å². The molecule has 0 saturated heterocycles. The Hall–Kier alpha value is -2.85. The van der Waals surface area contributed by atoms with Crippen molar-refractivity contribution in [1.29, 1.82) is 0 Å². The summed E-state index contributed by atoms with van der Waals surface area (Å²) in [6.45, 7) is 0.478. The third-order valence-electron chi connectivity index (χ3n) is 4.85. The fourth-order valence-electron chi connectivity index (χ4n) is 3.66. The Morgan fingerprint density at radius 1 is 1.04 bits per heavy atom. The molecule has 4 rings (SSSR count). The van der Waals surface area contributed by atoms with Crippen LogP contribution in [-0.4, -0.2) is 4.92 Å². The van der Waals surface area contributed by atoms with E-state index in [9.17, 15) is 10.1 Å². The summed E-state index contributed by atoms with van der Waals surface area (Å²) in [7, 11) is 0. The topological polar surface area (TPSA) is 46.4 Å². The average molecular weight is 365 g/mol. The SMILES string of the molecule is O=[N+]([O-])c1ccccc1CN1c2ccc(Cl)cc2C[C@H]1c1ccccc1. The number of benzene rings is 3. The van der Waals surface area contributed by atoms with E-state index in [0.717, 1.165) is 12.1 Å². The molecule has 0 spiro atoms. The van der Waals surface area contributed by atoms with Crippen LogP contribution in [-0.2, 0) is 13.0 Å². The summed E-state index contributed by atoms with van der Waals surface area (Å²) in [6.07, 6.45) is 0.834. The van der Waals surface area contributed by atoms with Crippen molar-refractivity contribution in [1.82, 2.24) is 0 Å². The van der Waals surface area contributed by atoms with Crippen LogP contribution in [0.3, 0.4) is 0 Å². The van der Waals surface area contributed by atoms with E-state index in [4.69, 9.17) is 11.6 Å². The van der Waals surface area contributed by atoms with Gasteiger partial charge in [-0.25, -0.2) is 0 Å². The van der Waals surface area contributed by atoms with Crippen LogP contribution in [0, 0.1) is 10.1 Å². The quantitative estimate of drug-likeness (QED) is 0.450. The Bertz CT molecular complexity index is 959. The van der Waals surface area contributed by atoms with Gasteiger partial charge in [-0.1, -0.05) is 60.1 Å². The smallest absolute Gasteiger partial charge is 0.274 e. The molecule has 26 heavy (non-hydrogen) atoms. The van der Waals surface area contributed by atoms with E-state index in [0.29, 0.717) is 17.1 Å². The Labute approximate surface area is 156 Å². The molecule has 1 atom stereocenters. The highest BCUT2D eigenvalue weighted by Gasteiger charge is 2.31. The Morgan fingerprint density at radius 3 is 2.54 bits per heavy atom. The number of para-hydroxylation sites is 1. The summed E-state index contributed by atoms with van der Waals surface area (Å²) in [5.74, 6) is 0. The second-order valence-electron chi connectivity index (χ2n) is 6.42. The number of nitrogens with zero attached hydrogens (tertiary/aromatic N) is 2. The number of hydrogen-bond donors (Lipinski definition) is 0. The second kappa shape index (κ2) is 6.81. The number of hydrogen-bond acceptors (Lipinski definition) is 3. The Kier molecular flexibility index (Phi) is 4.35.